The third-order valence-electron chi connectivity index (χ3n) is 3.87. The highest BCUT2D eigenvalue weighted by Crippen LogP contribution is 2.16. The molecule has 158 valence electrons. The fourth-order valence-electron chi connectivity index (χ4n) is 2.42. The second kappa shape index (κ2) is 10.0. The Labute approximate surface area is 173 Å². The first-order valence-corrected chi connectivity index (χ1v) is 10.3. The summed E-state index contributed by atoms with van der Waals surface area (Å²) in [6.07, 6.45) is 1.25. The zero-order chi connectivity index (χ0) is 22.3. The maximum atomic E-state index is 12.7. The number of nitrogens with one attached hydrogen (secondary N) is 1. The number of carboxylic acid groups (broad SMARTS) is 1. The molecule has 0 aliphatic rings. The molecule has 8 nitrogen and oxygen atoms in total. The maximum absolute atomic E-state index is 12.7. The minimum atomic E-state index is -3.59. The second-order valence-electron chi connectivity index (χ2n) is 6.36. The Bertz CT molecular complexity index is 1140. The molecule has 0 saturated carbocycles. The highest BCUT2D eigenvalue weighted by atomic mass is 32.2. The van der Waals surface area contributed by atoms with Crippen molar-refractivity contribution in [3.8, 4) is 11.4 Å². The van der Waals surface area contributed by atoms with E-state index < -0.39 is 16.2 Å². The molecule has 30 heavy (non-hydrogen) atoms. The summed E-state index contributed by atoms with van der Waals surface area (Å²) in [6.45, 7) is 3.78. The van der Waals surface area contributed by atoms with E-state index in [2.05, 4.69) is 14.7 Å². The molecular weight excluding hydrogens is 411 g/mol. The summed E-state index contributed by atoms with van der Waals surface area (Å²) in [5, 5.41) is 13.6. The van der Waals surface area contributed by atoms with Crippen LogP contribution in [0.1, 0.15) is 27.2 Å². The molecule has 0 atom stereocenters. The van der Waals surface area contributed by atoms with E-state index in [1.807, 2.05) is 31.2 Å². The molecule has 1 heterocycles. The second-order valence-corrected chi connectivity index (χ2v) is 7.74. The summed E-state index contributed by atoms with van der Waals surface area (Å²) in [4.78, 5) is 18.8. The predicted molar refractivity (Wildman–Crippen MR) is 110 cm³/mol. The number of benzene rings is 2. The van der Waals surface area contributed by atoms with Crippen molar-refractivity contribution < 1.29 is 22.7 Å². The highest BCUT2D eigenvalue weighted by molar-refractivity contribution is 7.87. The minimum Gasteiger partial charge on any atom is -0.478 e. The molecule has 1 aromatic heterocycles. The maximum Gasteiger partial charge on any atom is 0.339 e. The number of aromatic nitrogens is 2. The Hall–Kier alpha value is -3.21. The highest BCUT2D eigenvalue weighted by Gasteiger charge is 2.10. The Morgan fingerprint density at radius 2 is 1.83 bits per heavy atom. The largest absolute Gasteiger partial charge is 0.478 e. The van der Waals surface area contributed by atoms with Crippen LogP contribution in [0.3, 0.4) is 0 Å². The van der Waals surface area contributed by atoms with Crippen molar-refractivity contribution in [1.29, 1.82) is 0 Å². The normalized spacial score (nSPS) is 10.8. The van der Waals surface area contributed by atoms with Crippen LogP contribution in [0.25, 0.3) is 11.4 Å². The van der Waals surface area contributed by atoms with Crippen molar-refractivity contribution in [2.75, 3.05) is 0 Å². The number of halogens is 1. The first-order valence-electron chi connectivity index (χ1n) is 8.71. The number of carboxylic acids is 1. The van der Waals surface area contributed by atoms with Gasteiger partial charge in [-0.3, -0.25) is 0 Å². The van der Waals surface area contributed by atoms with Crippen LogP contribution in [-0.4, -0.2) is 29.5 Å². The van der Waals surface area contributed by atoms with Crippen LogP contribution < -0.4 is 9.86 Å². The van der Waals surface area contributed by atoms with E-state index in [9.17, 15) is 17.6 Å². The number of aromatic carboxylic acids is 1. The molecule has 0 bridgehead atoms. The zero-order valence-electron chi connectivity index (χ0n) is 16.3. The van der Waals surface area contributed by atoms with Crippen molar-refractivity contribution in [3.05, 3.63) is 82.9 Å². The standard InChI is InChI=1S/C12H9FN2O2.C8H12N2O2S/c1-7-10(12(16)17)6-14-11(15-7)8-2-4-9(13)5-3-8;1-7-3-2-4-8(5-7)6-10-13(9,11)12/h2-6H,1H3,(H,16,17);2-5,10H,6H2,1H3,(H2,9,11,12). The molecule has 3 aromatic rings. The number of hydrogen-bond acceptors (Lipinski definition) is 5. The van der Waals surface area contributed by atoms with E-state index in [1.165, 1.54) is 18.3 Å². The molecule has 4 N–H and O–H groups in total. The van der Waals surface area contributed by atoms with Crippen molar-refractivity contribution in [3.63, 3.8) is 0 Å². The molecule has 2 aromatic carbocycles. The summed E-state index contributed by atoms with van der Waals surface area (Å²) >= 11 is 0. The fraction of sp³-hybridized carbons (Fsp3) is 0.150. The van der Waals surface area contributed by atoms with Gasteiger partial charge in [-0.15, -0.1) is 0 Å². The number of rotatable bonds is 5. The van der Waals surface area contributed by atoms with E-state index in [1.54, 1.807) is 19.1 Å². The third-order valence-corrected chi connectivity index (χ3v) is 4.42. The van der Waals surface area contributed by atoms with Gasteiger partial charge in [-0.2, -0.15) is 13.1 Å². The number of carbonyl (C=O) groups is 1. The number of nitrogens with two attached hydrogens (primary N) is 1. The van der Waals surface area contributed by atoms with Crippen LogP contribution in [-0.2, 0) is 16.8 Å². The summed E-state index contributed by atoms with van der Waals surface area (Å²) in [7, 11) is -3.59. The van der Waals surface area contributed by atoms with Gasteiger partial charge in [-0.05, 0) is 43.7 Å². The van der Waals surface area contributed by atoms with Crippen LogP contribution in [0.15, 0.2) is 54.7 Å². The molecule has 0 fully saturated rings. The van der Waals surface area contributed by atoms with Crippen LogP contribution in [0.2, 0.25) is 0 Å². The lowest BCUT2D eigenvalue weighted by Gasteiger charge is -2.03. The van der Waals surface area contributed by atoms with Gasteiger partial charge in [0.05, 0.1) is 11.3 Å². The van der Waals surface area contributed by atoms with Gasteiger partial charge < -0.3 is 5.11 Å². The van der Waals surface area contributed by atoms with Gasteiger partial charge in [0.2, 0.25) is 0 Å². The van der Waals surface area contributed by atoms with E-state index in [0.29, 0.717) is 17.1 Å². The molecular formula is C20H21FN4O4S. The van der Waals surface area contributed by atoms with Crippen LogP contribution >= 0.6 is 0 Å². The quantitative estimate of drug-likeness (QED) is 0.567. The fourth-order valence-corrected chi connectivity index (χ4v) is 2.79. The van der Waals surface area contributed by atoms with Gasteiger partial charge in [0, 0.05) is 18.3 Å². The average molecular weight is 432 g/mol. The van der Waals surface area contributed by atoms with Crippen LogP contribution in [0.4, 0.5) is 4.39 Å². The summed E-state index contributed by atoms with van der Waals surface area (Å²) < 4.78 is 36.1. The predicted octanol–water partition coefficient (Wildman–Crippen LogP) is 2.58. The molecule has 0 radical (unpaired) electrons. The zero-order valence-corrected chi connectivity index (χ0v) is 17.1. The SMILES string of the molecule is Cc1cccc(CNS(N)(=O)=O)c1.Cc1nc(-c2ccc(F)cc2)ncc1C(=O)O. The Morgan fingerprint density at radius 3 is 2.37 bits per heavy atom. The summed E-state index contributed by atoms with van der Waals surface area (Å²) in [6, 6.07) is 13.3. The molecule has 0 saturated heterocycles. The Morgan fingerprint density at radius 1 is 1.17 bits per heavy atom. The van der Waals surface area contributed by atoms with Gasteiger partial charge in [-0.1, -0.05) is 29.8 Å². The van der Waals surface area contributed by atoms with Crippen LogP contribution in [0.5, 0.6) is 0 Å². The molecule has 0 amide bonds. The number of nitrogens with zero attached hydrogens (tertiary/aromatic N) is 2. The summed E-state index contributed by atoms with van der Waals surface area (Å²) in [5.41, 5.74) is 3.08. The molecule has 0 aliphatic carbocycles. The average Bonchev–Trinajstić information content (AvgIpc) is 2.67. The van der Waals surface area contributed by atoms with Crippen molar-refractivity contribution in [2.24, 2.45) is 5.14 Å². The van der Waals surface area contributed by atoms with E-state index in [4.69, 9.17) is 10.2 Å². The lowest BCUT2D eigenvalue weighted by molar-refractivity contribution is 0.0695. The first kappa shape index (κ1) is 23.1. The molecule has 0 aliphatic heterocycles. The van der Waals surface area contributed by atoms with E-state index >= 15 is 0 Å². The van der Waals surface area contributed by atoms with Gasteiger partial charge in [0.25, 0.3) is 10.2 Å². The molecule has 3 rings (SSSR count). The lowest BCUT2D eigenvalue weighted by Crippen LogP contribution is -2.30. The van der Waals surface area contributed by atoms with E-state index in [0.717, 1.165) is 11.1 Å². The Balaban J connectivity index is 0.000000222. The van der Waals surface area contributed by atoms with Gasteiger partial charge in [-0.25, -0.2) is 24.3 Å². The first-order chi connectivity index (χ1) is 14.0. The van der Waals surface area contributed by atoms with Gasteiger partial charge >= 0.3 is 5.97 Å². The Kier molecular flexibility index (Phi) is 7.70. The van der Waals surface area contributed by atoms with Gasteiger partial charge in [0.15, 0.2) is 5.82 Å². The molecule has 0 spiro atoms. The lowest BCUT2D eigenvalue weighted by atomic mass is 10.1. The summed E-state index contributed by atoms with van der Waals surface area (Å²) in [5.74, 6) is -1.02. The molecule has 0 unspecified atom stereocenters. The van der Waals surface area contributed by atoms with Gasteiger partial charge in [0.1, 0.15) is 5.82 Å². The van der Waals surface area contributed by atoms with E-state index in [-0.39, 0.29) is 17.9 Å². The topological polar surface area (TPSA) is 135 Å². The number of aryl methyl sites for hydroxylation is 2. The third kappa shape index (κ3) is 7.32. The smallest absolute Gasteiger partial charge is 0.339 e. The van der Waals surface area contributed by atoms with Crippen molar-refractivity contribution in [1.82, 2.24) is 14.7 Å². The monoisotopic (exact) mass is 432 g/mol. The van der Waals surface area contributed by atoms with Crippen molar-refractivity contribution in [2.45, 2.75) is 20.4 Å². The van der Waals surface area contributed by atoms with Crippen LogP contribution in [0, 0.1) is 19.7 Å². The number of hydrogen-bond donors (Lipinski definition) is 3. The molecule has 10 heteroatoms. The van der Waals surface area contributed by atoms with Crippen molar-refractivity contribution >= 4 is 16.2 Å². The minimum absolute atomic E-state index is 0.0656.